The minimum absolute atomic E-state index is 0.00451. The normalized spacial score (nSPS) is 18.5. The largest absolute Gasteiger partial charge is 0.312 e. The molecule has 1 saturated heterocycles. The Morgan fingerprint density at radius 2 is 2.07 bits per heavy atom. The predicted octanol–water partition coefficient (Wildman–Crippen LogP) is 4.03. The molecule has 9 heteroatoms. The minimum Gasteiger partial charge on any atom is -0.312 e. The molecule has 2 aromatic rings. The third-order valence-corrected chi connectivity index (χ3v) is 6.13. The van der Waals surface area contributed by atoms with Crippen LogP contribution in [0.15, 0.2) is 30.3 Å². The number of halogens is 2. The van der Waals surface area contributed by atoms with Gasteiger partial charge in [0, 0.05) is 30.6 Å². The maximum atomic E-state index is 13.6. The Hall–Kier alpha value is -3.00. The van der Waals surface area contributed by atoms with Crippen LogP contribution in [0.25, 0.3) is 0 Å². The number of nitro groups is 1. The van der Waals surface area contributed by atoms with E-state index in [0.29, 0.717) is 11.6 Å². The van der Waals surface area contributed by atoms with Crippen molar-refractivity contribution in [3.05, 3.63) is 62.4 Å². The fourth-order valence-electron chi connectivity index (χ4n) is 4.22. The number of amides is 2. The zero-order chi connectivity index (χ0) is 21.6. The number of anilines is 2. The summed E-state index contributed by atoms with van der Waals surface area (Å²) in [5.41, 5.74) is 2.19. The summed E-state index contributed by atoms with van der Waals surface area (Å²) in [6.45, 7) is 2.50. The van der Waals surface area contributed by atoms with Crippen LogP contribution in [-0.2, 0) is 16.0 Å². The summed E-state index contributed by atoms with van der Waals surface area (Å²) in [6.07, 6.45) is 1.66. The van der Waals surface area contributed by atoms with Gasteiger partial charge in [-0.3, -0.25) is 19.7 Å². The van der Waals surface area contributed by atoms with E-state index in [9.17, 15) is 24.1 Å². The Morgan fingerprint density at radius 3 is 2.80 bits per heavy atom. The molecule has 0 saturated carbocycles. The van der Waals surface area contributed by atoms with Crippen LogP contribution in [0.5, 0.6) is 0 Å². The quantitative estimate of drug-likeness (QED) is 0.542. The topological polar surface area (TPSA) is 83.8 Å². The molecular formula is C21H19ClFN3O4. The van der Waals surface area contributed by atoms with Gasteiger partial charge in [-0.25, -0.2) is 0 Å². The molecule has 0 bridgehead atoms. The average Bonchev–Trinajstić information content (AvgIpc) is 3.11. The number of aryl methyl sites for hydroxylation is 1. The Bertz CT molecular complexity index is 1070. The van der Waals surface area contributed by atoms with Gasteiger partial charge in [-0.05, 0) is 49.1 Å². The number of hydrogen-bond donors (Lipinski definition) is 0. The van der Waals surface area contributed by atoms with E-state index < -0.39 is 22.3 Å². The Labute approximate surface area is 177 Å². The summed E-state index contributed by atoms with van der Waals surface area (Å²) >= 11 is 6.27. The van der Waals surface area contributed by atoms with E-state index in [0.717, 1.165) is 41.8 Å². The number of fused-ring (bicyclic) bond motifs is 1. The fraction of sp³-hybridized carbons (Fsp3) is 0.333. The number of benzene rings is 2. The van der Waals surface area contributed by atoms with Gasteiger partial charge in [0.05, 0.1) is 22.2 Å². The molecule has 0 aromatic heterocycles. The summed E-state index contributed by atoms with van der Waals surface area (Å²) in [5, 5.41) is 11.6. The Morgan fingerprint density at radius 1 is 1.30 bits per heavy atom. The van der Waals surface area contributed by atoms with Crippen LogP contribution in [0.4, 0.5) is 21.5 Å². The second-order valence-electron chi connectivity index (χ2n) is 7.57. The maximum absolute atomic E-state index is 13.6. The Kier molecular flexibility index (Phi) is 5.19. The minimum atomic E-state index is -0.972. The zero-order valence-corrected chi connectivity index (χ0v) is 17.0. The molecule has 7 nitrogen and oxygen atoms in total. The second-order valence-corrected chi connectivity index (χ2v) is 7.98. The molecule has 0 aliphatic carbocycles. The first-order valence-corrected chi connectivity index (χ1v) is 9.99. The SMILES string of the molecule is Cc1c(Cl)ccc2c1N(C(=O)C1CC(=O)N(c3ccc(F)c([N+](=O)[O-])c3)C1)CCC2. The lowest BCUT2D eigenvalue weighted by Gasteiger charge is -2.33. The standard InChI is InChI=1S/C21H19ClFN3O4/c1-12-16(22)6-4-13-3-2-8-24(20(12)13)21(28)14-9-19(27)25(11-14)15-5-7-17(23)18(10-15)26(29)30/h4-7,10,14H,2-3,8-9,11H2,1H3. The monoisotopic (exact) mass is 431 g/mol. The first kappa shape index (κ1) is 20.3. The lowest BCUT2D eigenvalue weighted by molar-refractivity contribution is -0.387. The van der Waals surface area contributed by atoms with E-state index in [1.54, 1.807) is 4.90 Å². The van der Waals surface area contributed by atoms with Crippen molar-refractivity contribution in [3.8, 4) is 0 Å². The molecular weight excluding hydrogens is 413 g/mol. The van der Waals surface area contributed by atoms with Crippen molar-refractivity contribution in [2.75, 3.05) is 22.9 Å². The lowest BCUT2D eigenvalue weighted by atomic mass is 9.96. The average molecular weight is 432 g/mol. The number of hydrogen-bond acceptors (Lipinski definition) is 4. The number of nitro benzene ring substituents is 1. The van der Waals surface area contributed by atoms with E-state index in [2.05, 4.69) is 0 Å². The molecule has 30 heavy (non-hydrogen) atoms. The summed E-state index contributed by atoms with van der Waals surface area (Å²) in [6, 6.07) is 7.05. The second kappa shape index (κ2) is 7.68. The highest BCUT2D eigenvalue weighted by molar-refractivity contribution is 6.32. The molecule has 1 fully saturated rings. The van der Waals surface area contributed by atoms with Gasteiger partial charge in [-0.1, -0.05) is 17.7 Å². The van der Waals surface area contributed by atoms with Crippen molar-refractivity contribution in [1.82, 2.24) is 0 Å². The van der Waals surface area contributed by atoms with Gasteiger partial charge in [-0.15, -0.1) is 0 Å². The van der Waals surface area contributed by atoms with Gasteiger partial charge < -0.3 is 9.80 Å². The number of carbonyl (C=O) groups is 2. The van der Waals surface area contributed by atoms with Crippen molar-refractivity contribution in [2.45, 2.75) is 26.2 Å². The van der Waals surface area contributed by atoms with Gasteiger partial charge >= 0.3 is 5.69 Å². The fourth-order valence-corrected chi connectivity index (χ4v) is 4.37. The molecule has 156 valence electrons. The van der Waals surface area contributed by atoms with Crippen LogP contribution in [0, 0.1) is 28.8 Å². The first-order chi connectivity index (χ1) is 14.3. The van der Waals surface area contributed by atoms with Crippen LogP contribution in [0.1, 0.15) is 24.0 Å². The summed E-state index contributed by atoms with van der Waals surface area (Å²) in [4.78, 5) is 39.1. The van der Waals surface area contributed by atoms with Crippen LogP contribution in [0.3, 0.4) is 0 Å². The van der Waals surface area contributed by atoms with E-state index >= 15 is 0 Å². The third kappa shape index (κ3) is 3.41. The highest BCUT2D eigenvalue weighted by Crippen LogP contribution is 2.37. The molecule has 1 atom stereocenters. The molecule has 2 amide bonds. The van der Waals surface area contributed by atoms with Crippen molar-refractivity contribution < 1.29 is 18.9 Å². The summed E-state index contributed by atoms with van der Waals surface area (Å²) in [7, 11) is 0. The summed E-state index contributed by atoms with van der Waals surface area (Å²) < 4.78 is 13.6. The highest BCUT2D eigenvalue weighted by atomic mass is 35.5. The van der Waals surface area contributed by atoms with Crippen molar-refractivity contribution >= 4 is 40.5 Å². The number of nitrogens with zero attached hydrogens (tertiary/aromatic N) is 3. The van der Waals surface area contributed by atoms with Crippen LogP contribution in [-0.4, -0.2) is 29.8 Å². The Balaban J connectivity index is 1.60. The molecule has 0 radical (unpaired) electrons. The van der Waals surface area contributed by atoms with Crippen molar-refractivity contribution in [2.24, 2.45) is 5.92 Å². The molecule has 2 aliphatic heterocycles. The molecule has 1 unspecified atom stereocenters. The molecule has 2 aromatic carbocycles. The number of carbonyl (C=O) groups excluding carboxylic acids is 2. The van der Waals surface area contributed by atoms with E-state index in [4.69, 9.17) is 11.6 Å². The van der Waals surface area contributed by atoms with Gasteiger partial charge in [0.2, 0.25) is 17.6 Å². The molecule has 2 heterocycles. The van der Waals surface area contributed by atoms with Crippen molar-refractivity contribution in [1.29, 1.82) is 0 Å². The van der Waals surface area contributed by atoms with Crippen LogP contribution in [0.2, 0.25) is 5.02 Å². The molecule has 2 aliphatic rings. The first-order valence-electron chi connectivity index (χ1n) is 9.61. The van der Waals surface area contributed by atoms with E-state index in [-0.39, 0.29) is 30.5 Å². The van der Waals surface area contributed by atoms with Crippen LogP contribution < -0.4 is 9.80 Å². The zero-order valence-electron chi connectivity index (χ0n) is 16.2. The van der Waals surface area contributed by atoms with Gasteiger partial charge in [-0.2, -0.15) is 4.39 Å². The maximum Gasteiger partial charge on any atom is 0.306 e. The molecule has 0 N–H and O–H groups in total. The van der Waals surface area contributed by atoms with Gasteiger partial charge in [0.15, 0.2) is 0 Å². The third-order valence-electron chi connectivity index (χ3n) is 5.72. The van der Waals surface area contributed by atoms with E-state index in [1.165, 1.54) is 11.0 Å². The molecule has 4 rings (SSSR count). The van der Waals surface area contributed by atoms with Crippen molar-refractivity contribution in [3.63, 3.8) is 0 Å². The predicted molar refractivity (Wildman–Crippen MR) is 110 cm³/mol. The number of rotatable bonds is 3. The van der Waals surface area contributed by atoms with Crippen LogP contribution >= 0.6 is 11.6 Å². The van der Waals surface area contributed by atoms with Gasteiger partial charge in [0.25, 0.3) is 0 Å². The van der Waals surface area contributed by atoms with E-state index in [1.807, 2.05) is 19.1 Å². The summed E-state index contributed by atoms with van der Waals surface area (Å²) in [5.74, 6) is -2.06. The highest BCUT2D eigenvalue weighted by Gasteiger charge is 2.39. The smallest absolute Gasteiger partial charge is 0.306 e. The lowest BCUT2D eigenvalue weighted by Crippen LogP contribution is -2.41. The van der Waals surface area contributed by atoms with Gasteiger partial charge in [0.1, 0.15) is 0 Å². The molecule has 0 spiro atoms.